The van der Waals surface area contributed by atoms with Crippen LogP contribution in [-0.2, 0) is 29.3 Å². The summed E-state index contributed by atoms with van der Waals surface area (Å²) in [6.45, 7) is 5.13. The lowest BCUT2D eigenvalue weighted by molar-refractivity contribution is -0.152. The van der Waals surface area contributed by atoms with Crippen LogP contribution in [0.2, 0.25) is 0 Å². The van der Waals surface area contributed by atoms with Gasteiger partial charge in [-0.05, 0) is 38.0 Å². The Labute approximate surface area is 179 Å². The van der Waals surface area contributed by atoms with E-state index >= 15 is 0 Å². The fourth-order valence-electron chi connectivity index (χ4n) is 4.61. The molecule has 1 aliphatic heterocycles. The first-order valence-electron chi connectivity index (χ1n) is 9.98. The number of para-hydroxylation sites is 1. The molecule has 0 radical (unpaired) electrons. The summed E-state index contributed by atoms with van der Waals surface area (Å²) in [5.74, 6) is -3.93. The number of ether oxygens (including phenoxy) is 2. The van der Waals surface area contributed by atoms with Crippen LogP contribution >= 0.6 is 0 Å². The minimum absolute atomic E-state index is 0.364. The number of ketones is 1. The van der Waals surface area contributed by atoms with Crippen LogP contribution < -0.4 is 4.90 Å². The largest absolute Gasteiger partial charge is 0.463 e. The van der Waals surface area contributed by atoms with Gasteiger partial charge in [0, 0.05) is 5.92 Å². The maximum atomic E-state index is 13.8. The Kier molecular flexibility index (Phi) is 4.72. The Morgan fingerprint density at radius 3 is 2.19 bits per heavy atom. The van der Waals surface area contributed by atoms with Crippen LogP contribution in [0, 0.1) is 5.92 Å². The van der Waals surface area contributed by atoms with Crippen LogP contribution in [0.3, 0.4) is 0 Å². The predicted molar refractivity (Wildman–Crippen MR) is 112 cm³/mol. The molecular weight excluding hydrogens is 398 g/mol. The molecule has 7 heteroatoms. The van der Waals surface area contributed by atoms with Crippen molar-refractivity contribution >= 4 is 29.4 Å². The zero-order valence-corrected chi connectivity index (χ0v) is 17.7. The average Bonchev–Trinajstić information content (AvgIpc) is 3.36. The Hall–Kier alpha value is -3.48. The summed E-state index contributed by atoms with van der Waals surface area (Å²) in [7, 11) is 1.13. The number of carbonyl (C=O) groups excluding carboxylic acids is 4. The van der Waals surface area contributed by atoms with Crippen LogP contribution in [0.4, 0.5) is 10.5 Å². The van der Waals surface area contributed by atoms with Crippen LogP contribution in [-0.4, -0.2) is 36.5 Å². The van der Waals surface area contributed by atoms with Crippen LogP contribution in [0.1, 0.15) is 37.8 Å². The van der Waals surface area contributed by atoms with Gasteiger partial charge in [0.25, 0.3) is 0 Å². The highest BCUT2D eigenvalue weighted by molar-refractivity contribution is 6.39. The molecule has 0 aromatic heterocycles. The van der Waals surface area contributed by atoms with Crippen molar-refractivity contribution in [2.24, 2.45) is 5.92 Å². The van der Waals surface area contributed by atoms with E-state index in [0.29, 0.717) is 11.3 Å². The summed E-state index contributed by atoms with van der Waals surface area (Å²) in [5.41, 5.74) is -0.546. The summed E-state index contributed by atoms with van der Waals surface area (Å²) in [5, 5.41) is 0. The topological polar surface area (TPSA) is 90.0 Å². The third kappa shape index (κ3) is 3.03. The predicted octanol–water partition coefficient (Wildman–Crippen LogP) is 3.36. The summed E-state index contributed by atoms with van der Waals surface area (Å²) in [6.07, 6.45) is -0.815. The summed E-state index contributed by atoms with van der Waals surface area (Å²) < 4.78 is 10.1. The molecule has 160 valence electrons. The SMILES string of the molecule is COC(=O)C(=O)[C@H]1[C@H](c2ccccc2)[C@@]12C(=O)N(C(=O)OC(C)(C)C)c1ccccc12. The standard InChI is InChI=1S/C24H23NO6/c1-23(2,3)31-22(29)25-16-13-9-8-12-15(16)24(21(25)28)17(14-10-6-5-7-11-14)18(24)19(26)20(27)30-4/h5-13,17-18H,1-4H3/t17-,18+,24+/m0/s1. The van der Waals surface area contributed by atoms with E-state index in [1.165, 1.54) is 0 Å². The number of hydrogen-bond acceptors (Lipinski definition) is 6. The number of nitrogens with zero attached hydrogens (tertiary/aromatic N) is 1. The molecule has 2 aromatic rings. The lowest BCUT2D eigenvalue weighted by atomic mass is 9.90. The zero-order valence-electron chi connectivity index (χ0n) is 17.7. The van der Waals surface area contributed by atoms with Crippen molar-refractivity contribution < 1.29 is 28.7 Å². The molecule has 7 nitrogen and oxygen atoms in total. The highest BCUT2D eigenvalue weighted by Crippen LogP contribution is 2.71. The maximum absolute atomic E-state index is 13.8. The normalized spacial score (nSPS) is 24.0. The van der Waals surface area contributed by atoms with Crippen molar-refractivity contribution in [3.8, 4) is 0 Å². The molecule has 2 aliphatic rings. The minimum Gasteiger partial charge on any atom is -0.463 e. The third-order valence-corrected chi connectivity index (χ3v) is 5.76. The molecule has 3 atom stereocenters. The Morgan fingerprint density at radius 1 is 0.968 bits per heavy atom. The Bertz CT molecular complexity index is 1090. The second-order valence-corrected chi connectivity index (χ2v) is 8.73. The molecule has 0 unspecified atom stereocenters. The minimum atomic E-state index is -1.36. The van der Waals surface area contributed by atoms with Crippen molar-refractivity contribution in [1.29, 1.82) is 0 Å². The van der Waals surface area contributed by atoms with E-state index < -0.39 is 46.6 Å². The molecule has 1 fully saturated rings. The number of anilines is 1. The number of methoxy groups -OCH3 is 1. The first kappa shape index (κ1) is 20.8. The van der Waals surface area contributed by atoms with E-state index in [0.717, 1.165) is 17.6 Å². The van der Waals surface area contributed by atoms with Crippen molar-refractivity contribution in [1.82, 2.24) is 0 Å². The highest BCUT2D eigenvalue weighted by atomic mass is 16.6. The number of hydrogen-bond donors (Lipinski definition) is 0. The molecule has 2 aromatic carbocycles. The van der Waals surface area contributed by atoms with Gasteiger partial charge in [-0.3, -0.25) is 9.59 Å². The van der Waals surface area contributed by atoms with Gasteiger partial charge < -0.3 is 9.47 Å². The lowest BCUT2D eigenvalue weighted by Gasteiger charge is -2.24. The first-order valence-corrected chi connectivity index (χ1v) is 9.98. The van der Waals surface area contributed by atoms with Gasteiger partial charge in [-0.15, -0.1) is 0 Å². The molecule has 31 heavy (non-hydrogen) atoms. The number of rotatable bonds is 3. The summed E-state index contributed by atoms with van der Waals surface area (Å²) >= 11 is 0. The fraction of sp³-hybridized carbons (Fsp3) is 0.333. The molecule has 1 aliphatic carbocycles. The van der Waals surface area contributed by atoms with Crippen molar-refractivity contribution in [3.63, 3.8) is 0 Å². The monoisotopic (exact) mass is 421 g/mol. The van der Waals surface area contributed by atoms with Gasteiger partial charge in [0.1, 0.15) is 5.60 Å². The van der Waals surface area contributed by atoms with Gasteiger partial charge in [0.2, 0.25) is 11.7 Å². The lowest BCUT2D eigenvalue weighted by Crippen LogP contribution is -2.42. The van der Waals surface area contributed by atoms with Crippen molar-refractivity contribution in [3.05, 3.63) is 65.7 Å². The van der Waals surface area contributed by atoms with Gasteiger partial charge >= 0.3 is 12.1 Å². The second kappa shape index (κ2) is 7.04. The van der Waals surface area contributed by atoms with Crippen LogP contribution in [0.5, 0.6) is 0 Å². The number of Topliss-reactive ketones (excluding diaryl/α,β-unsaturated/α-hetero) is 1. The van der Waals surface area contributed by atoms with E-state index in [-0.39, 0.29) is 0 Å². The molecule has 0 saturated heterocycles. The molecule has 1 heterocycles. The highest BCUT2D eigenvalue weighted by Gasteiger charge is 2.79. The van der Waals surface area contributed by atoms with Crippen molar-refractivity contribution in [2.45, 2.75) is 37.7 Å². The number of amides is 2. The summed E-state index contributed by atoms with van der Waals surface area (Å²) in [4.78, 5) is 52.9. The first-order chi connectivity index (χ1) is 14.6. The van der Waals surface area contributed by atoms with Gasteiger partial charge in [0.15, 0.2) is 0 Å². The Balaban J connectivity index is 1.87. The second-order valence-electron chi connectivity index (χ2n) is 8.73. The van der Waals surface area contributed by atoms with Crippen LogP contribution in [0.25, 0.3) is 0 Å². The molecule has 0 N–H and O–H groups in total. The number of fused-ring (bicyclic) bond motifs is 2. The fourth-order valence-corrected chi connectivity index (χ4v) is 4.61. The number of imide groups is 1. The number of benzene rings is 2. The average molecular weight is 421 g/mol. The van der Waals surface area contributed by atoms with E-state index in [9.17, 15) is 19.2 Å². The van der Waals surface area contributed by atoms with Gasteiger partial charge in [-0.1, -0.05) is 48.5 Å². The molecule has 4 rings (SSSR count). The molecule has 1 spiro atoms. The maximum Gasteiger partial charge on any atom is 0.421 e. The number of carbonyl (C=O) groups is 4. The molecule has 2 amide bonds. The zero-order chi connectivity index (χ0) is 22.6. The molecule has 0 bridgehead atoms. The van der Waals surface area contributed by atoms with E-state index in [4.69, 9.17) is 4.74 Å². The van der Waals surface area contributed by atoms with Gasteiger partial charge in [-0.2, -0.15) is 0 Å². The molecular formula is C24H23NO6. The van der Waals surface area contributed by atoms with E-state index in [1.54, 1.807) is 57.2 Å². The smallest absolute Gasteiger partial charge is 0.421 e. The summed E-state index contributed by atoms with van der Waals surface area (Å²) in [6, 6.07) is 15.9. The molecule has 1 saturated carbocycles. The number of esters is 1. The van der Waals surface area contributed by atoms with Crippen LogP contribution in [0.15, 0.2) is 54.6 Å². The van der Waals surface area contributed by atoms with Gasteiger partial charge in [-0.25, -0.2) is 14.5 Å². The van der Waals surface area contributed by atoms with E-state index in [1.807, 2.05) is 18.2 Å². The Morgan fingerprint density at radius 2 is 1.58 bits per heavy atom. The van der Waals surface area contributed by atoms with Crippen molar-refractivity contribution in [2.75, 3.05) is 12.0 Å². The third-order valence-electron chi connectivity index (χ3n) is 5.76. The van der Waals surface area contributed by atoms with E-state index in [2.05, 4.69) is 4.74 Å². The quantitative estimate of drug-likeness (QED) is 0.558. The van der Waals surface area contributed by atoms with Gasteiger partial charge in [0.05, 0.1) is 24.1 Å².